The molecule has 0 unspecified atom stereocenters. The molecule has 26 heavy (non-hydrogen) atoms. The molecule has 0 bridgehead atoms. The molecule has 130 valence electrons. The maximum Gasteiger partial charge on any atom is 0.310 e. The van der Waals surface area contributed by atoms with Crippen LogP contribution in [-0.4, -0.2) is 10.1 Å². The van der Waals surface area contributed by atoms with Crippen LogP contribution in [0.3, 0.4) is 0 Å². The number of hydrogen-bond acceptors (Lipinski definition) is 4. The average molecular weight is 344 g/mol. The van der Waals surface area contributed by atoms with E-state index in [4.69, 9.17) is 4.42 Å². The Morgan fingerprint density at radius 2 is 1.73 bits per heavy atom. The van der Waals surface area contributed by atoms with Crippen molar-refractivity contribution in [3.63, 3.8) is 0 Å². The summed E-state index contributed by atoms with van der Waals surface area (Å²) in [5.41, 5.74) is 3.26. The Balaban J connectivity index is 1.66. The molecule has 0 amide bonds. The third kappa shape index (κ3) is 3.06. The summed E-state index contributed by atoms with van der Waals surface area (Å²) in [4.78, 5) is 8.95. The molecule has 0 spiro atoms. The van der Waals surface area contributed by atoms with Crippen molar-refractivity contribution in [1.29, 1.82) is 0 Å². The molecule has 1 aliphatic heterocycles. The van der Waals surface area contributed by atoms with Crippen LogP contribution in [-0.2, 0) is 5.41 Å². The van der Waals surface area contributed by atoms with E-state index in [2.05, 4.69) is 42.9 Å². The molecule has 4 rings (SSSR count). The van der Waals surface area contributed by atoms with Crippen LogP contribution in [0.4, 0.5) is 0 Å². The average Bonchev–Trinajstić information content (AvgIpc) is 3.18. The fraction of sp³-hybridized carbons (Fsp3) is 0.182. The molecule has 1 aromatic heterocycles. The lowest BCUT2D eigenvalue weighted by atomic mass is 9.87. The van der Waals surface area contributed by atoms with Crippen molar-refractivity contribution in [1.82, 2.24) is 4.98 Å². The van der Waals surface area contributed by atoms with Gasteiger partial charge in [0.2, 0.25) is 5.89 Å². The molecule has 0 atom stereocenters. The van der Waals surface area contributed by atoms with E-state index >= 15 is 0 Å². The van der Waals surface area contributed by atoms with E-state index in [-0.39, 0.29) is 11.4 Å². The van der Waals surface area contributed by atoms with Crippen LogP contribution in [0, 0.1) is 0 Å². The van der Waals surface area contributed by atoms with Gasteiger partial charge >= 0.3 is 5.95 Å². The second-order valence-electron chi connectivity index (χ2n) is 7.42. The van der Waals surface area contributed by atoms with Crippen molar-refractivity contribution < 1.29 is 9.52 Å². The molecule has 4 heteroatoms. The van der Waals surface area contributed by atoms with Gasteiger partial charge in [0.15, 0.2) is 0 Å². The summed E-state index contributed by atoms with van der Waals surface area (Å²) in [5, 5.41) is 12.1. The molecule has 1 aliphatic rings. The minimum Gasteiger partial charge on any atom is -0.479 e. The Kier molecular flexibility index (Phi) is 3.76. The Labute approximate surface area is 151 Å². The van der Waals surface area contributed by atoms with Gasteiger partial charge in [0.1, 0.15) is 5.69 Å². The van der Waals surface area contributed by atoms with Gasteiger partial charge < -0.3 is 9.52 Å². The first-order chi connectivity index (χ1) is 12.4. The number of benzene rings is 2. The van der Waals surface area contributed by atoms with Gasteiger partial charge in [-0.2, -0.15) is 0 Å². The molecular weight excluding hydrogens is 324 g/mol. The molecule has 0 saturated carbocycles. The number of allylic oxidation sites excluding steroid dienone is 1. The summed E-state index contributed by atoms with van der Waals surface area (Å²) in [5.74, 6) is 0.192. The monoisotopic (exact) mass is 344 g/mol. The molecular formula is C22H20N2O2. The van der Waals surface area contributed by atoms with Gasteiger partial charge in [-0.15, -0.1) is 0 Å². The van der Waals surface area contributed by atoms with Crippen LogP contribution in [0.1, 0.15) is 32.0 Å². The fourth-order valence-corrected chi connectivity index (χ4v) is 2.91. The van der Waals surface area contributed by atoms with Crippen molar-refractivity contribution in [3.05, 3.63) is 76.1 Å². The minimum atomic E-state index is -0.202. The molecule has 0 fully saturated rings. The predicted molar refractivity (Wildman–Crippen MR) is 102 cm³/mol. The molecule has 0 radical (unpaired) electrons. The standard InChI is InChI=1S/C22H20N2O2/c1-22(2,3)16-10-8-14(9-11-16)20-24-19(21(25)26-20)13-17-12-15-6-4-5-7-18(15)23-17/h4-13,25H,1-3H3/b17-13-. The summed E-state index contributed by atoms with van der Waals surface area (Å²) in [6, 6.07) is 15.9. The summed E-state index contributed by atoms with van der Waals surface area (Å²) < 4.78 is 5.46. The van der Waals surface area contributed by atoms with E-state index < -0.39 is 0 Å². The van der Waals surface area contributed by atoms with E-state index in [1.807, 2.05) is 42.5 Å². The number of aromatic nitrogens is 1. The summed E-state index contributed by atoms with van der Waals surface area (Å²) in [6.07, 6.45) is 3.69. The van der Waals surface area contributed by atoms with Gasteiger partial charge in [-0.25, -0.2) is 9.98 Å². The third-order valence-corrected chi connectivity index (χ3v) is 4.41. The second-order valence-corrected chi connectivity index (χ2v) is 7.42. The van der Waals surface area contributed by atoms with E-state index in [0.717, 1.165) is 21.8 Å². The maximum atomic E-state index is 10.1. The highest BCUT2D eigenvalue weighted by Gasteiger charge is 2.16. The van der Waals surface area contributed by atoms with Crippen molar-refractivity contribution in [2.45, 2.75) is 26.2 Å². The Hall–Kier alpha value is -3.14. The van der Waals surface area contributed by atoms with Crippen LogP contribution in [0.15, 0.2) is 63.6 Å². The molecule has 4 nitrogen and oxygen atoms in total. The molecule has 2 aromatic carbocycles. The van der Waals surface area contributed by atoms with E-state index in [0.29, 0.717) is 11.6 Å². The smallest absolute Gasteiger partial charge is 0.310 e. The number of hydrogen-bond donors (Lipinski definition) is 1. The highest BCUT2D eigenvalue weighted by Crippen LogP contribution is 2.30. The van der Waals surface area contributed by atoms with Gasteiger partial charge in [-0.3, -0.25) is 0 Å². The number of para-hydroxylation sites is 1. The lowest BCUT2D eigenvalue weighted by Crippen LogP contribution is -2.19. The maximum absolute atomic E-state index is 10.1. The zero-order valence-electron chi connectivity index (χ0n) is 15.0. The Morgan fingerprint density at radius 1 is 1.00 bits per heavy atom. The van der Waals surface area contributed by atoms with Crippen molar-refractivity contribution in [2.24, 2.45) is 4.99 Å². The molecule has 0 aliphatic carbocycles. The highest BCUT2D eigenvalue weighted by atomic mass is 16.5. The molecule has 1 N–H and O–H groups in total. The predicted octanol–water partition coefficient (Wildman–Crippen LogP) is 3.80. The molecule has 2 heterocycles. The zero-order chi connectivity index (χ0) is 18.3. The number of nitrogens with zero attached hydrogens (tertiary/aromatic N) is 2. The lowest BCUT2D eigenvalue weighted by molar-refractivity contribution is 0.336. The van der Waals surface area contributed by atoms with Gasteiger partial charge in [-0.05, 0) is 41.3 Å². The van der Waals surface area contributed by atoms with Crippen LogP contribution < -0.4 is 10.6 Å². The van der Waals surface area contributed by atoms with Gasteiger partial charge in [-0.1, -0.05) is 51.1 Å². The third-order valence-electron chi connectivity index (χ3n) is 4.41. The van der Waals surface area contributed by atoms with Crippen molar-refractivity contribution in [3.8, 4) is 17.4 Å². The number of rotatable bonds is 2. The normalized spacial score (nSPS) is 14.8. The molecule has 3 aromatic rings. The number of oxazole rings is 1. The van der Waals surface area contributed by atoms with Crippen LogP contribution in [0.25, 0.3) is 23.6 Å². The fourth-order valence-electron chi connectivity index (χ4n) is 2.91. The zero-order valence-corrected chi connectivity index (χ0v) is 15.0. The first kappa shape index (κ1) is 16.3. The van der Waals surface area contributed by atoms with E-state index in [1.165, 1.54) is 5.56 Å². The topological polar surface area (TPSA) is 58.6 Å². The van der Waals surface area contributed by atoms with Crippen LogP contribution in [0.2, 0.25) is 0 Å². The summed E-state index contributed by atoms with van der Waals surface area (Å²) in [6.45, 7) is 6.51. The quantitative estimate of drug-likeness (QED) is 0.769. The highest BCUT2D eigenvalue weighted by molar-refractivity contribution is 5.67. The lowest BCUT2D eigenvalue weighted by Gasteiger charge is -2.18. The minimum absolute atomic E-state index is 0.0850. The van der Waals surface area contributed by atoms with Crippen LogP contribution >= 0.6 is 0 Å². The van der Waals surface area contributed by atoms with Crippen molar-refractivity contribution in [2.75, 3.05) is 0 Å². The largest absolute Gasteiger partial charge is 0.479 e. The second kappa shape index (κ2) is 5.99. The number of aromatic hydroxyl groups is 1. The summed E-state index contributed by atoms with van der Waals surface area (Å²) >= 11 is 0. The summed E-state index contributed by atoms with van der Waals surface area (Å²) in [7, 11) is 0. The Bertz CT molecular complexity index is 1080. The first-order valence-electron chi connectivity index (χ1n) is 8.58. The SMILES string of the molecule is CC(C)(C)c1ccc(-c2nc(/C=C3/C=c4ccccc4=N3)c(O)o2)cc1. The van der Waals surface area contributed by atoms with Gasteiger partial charge in [0.05, 0.1) is 11.1 Å². The van der Waals surface area contributed by atoms with Gasteiger partial charge in [0, 0.05) is 10.8 Å². The Morgan fingerprint density at radius 3 is 2.42 bits per heavy atom. The van der Waals surface area contributed by atoms with E-state index in [1.54, 1.807) is 6.08 Å². The molecule has 0 saturated heterocycles. The van der Waals surface area contributed by atoms with Crippen LogP contribution in [0.5, 0.6) is 5.95 Å². The van der Waals surface area contributed by atoms with E-state index in [9.17, 15) is 5.11 Å². The first-order valence-corrected chi connectivity index (χ1v) is 8.58. The van der Waals surface area contributed by atoms with Crippen molar-refractivity contribution >= 4 is 12.2 Å². The number of fused-ring (bicyclic) bond motifs is 1. The van der Waals surface area contributed by atoms with Gasteiger partial charge in [0.25, 0.3) is 0 Å².